The molecule has 0 bridgehead atoms. The van der Waals surface area contributed by atoms with Crippen molar-refractivity contribution in [3.8, 4) is 0 Å². The summed E-state index contributed by atoms with van der Waals surface area (Å²) in [6, 6.07) is 0. The van der Waals surface area contributed by atoms with Crippen LogP contribution in [0.25, 0.3) is 0 Å². The van der Waals surface area contributed by atoms with E-state index in [1.807, 2.05) is 0 Å². The first-order valence-electron chi connectivity index (χ1n) is 4.87. The molecule has 2 saturated heterocycles. The first kappa shape index (κ1) is 8.48. The van der Waals surface area contributed by atoms with Crippen molar-refractivity contribution < 1.29 is 9.47 Å². The lowest BCUT2D eigenvalue weighted by Gasteiger charge is -2.18. The molecule has 2 N–H and O–H groups in total. The van der Waals surface area contributed by atoms with Crippen molar-refractivity contribution in [2.75, 3.05) is 13.2 Å². The molecular weight excluding hydrogens is 154 g/mol. The van der Waals surface area contributed by atoms with E-state index >= 15 is 0 Å². The van der Waals surface area contributed by atoms with Gasteiger partial charge < -0.3 is 15.2 Å². The molecule has 3 nitrogen and oxygen atoms in total. The van der Waals surface area contributed by atoms with Gasteiger partial charge in [-0.3, -0.25) is 0 Å². The molecule has 3 heteroatoms. The van der Waals surface area contributed by atoms with Crippen molar-refractivity contribution in [2.45, 2.75) is 44.0 Å². The summed E-state index contributed by atoms with van der Waals surface area (Å²) < 4.78 is 11.3. The molecule has 2 rings (SSSR count). The van der Waals surface area contributed by atoms with Crippen LogP contribution in [-0.2, 0) is 9.47 Å². The zero-order valence-corrected chi connectivity index (χ0v) is 7.37. The zero-order valence-electron chi connectivity index (χ0n) is 7.37. The summed E-state index contributed by atoms with van der Waals surface area (Å²) in [5, 5.41) is 0. The number of hydrogen-bond donors (Lipinski definition) is 1. The smallest absolute Gasteiger partial charge is 0.0842 e. The van der Waals surface area contributed by atoms with Crippen LogP contribution in [0.15, 0.2) is 0 Å². The Morgan fingerprint density at radius 2 is 2.08 bits per heavy atom. The highest BCUT2D eigenvalue weighted by Crippen LogP contribution is 2.28. The van der Waals surface area contributed by atoms with E-state index in [9.17, 15) is 0 Å². The number of ether oxygens (including phenoxy) is 2. The predicted octanol–water partition coefficient (Wildman–Crippen LogP) is 0.672. The third kappa shape index (κ3) is 1.63. The van der Waals surface area contributed by atoms with Gasteiger partial charge in [-0.05, 0) is 25.7 Å². The lowest BCUT2D eigenvalue weighted by atomic mass is 10.1. The molecule has 0 aromatic carbocycles. The minimum atomic E-state index is 0.291. The highest BCUT2D eigenvalue weighted by Gasteiger charge is 2.33. The summed E-state index contributed by atoms with van der Waals surface area (Å²) >= 11 is 0. The average molecular weight is 171 g/mol. The molecule has 3 atom stereocenters. The molecular formula is C9H17NO2. The Balaban J connectivity index is 1.81. The molecule has 2 heterocycles. The zero-order chi connectivity index (χ0) is 8.39. The van der Waals surface area contributed by atoms with Crippen LogP contribution in [0.4, 0.5) is 0 Å². The molecule has 0 amide bonds. The van der Waals surface area contributed by atoms with Gasteiger partial charge in [0.1, 0.15) is 0 Å². The fraction of sp³-hybridized carbons (Fsp3) is 1.00. The molecule has 2 fully saturated rings. The topological polar surface area (TPSA) is 44.5 Å². The van der Waals surface area contributed by atoms with Gasteiger partial charge in [0, 0.05) is 13.2 Å². The van der Waals surface area contributed by atoms with Crippen molar-refractivity contribution in [3.63, 3.8) is 0 Å². The van der Waals surface area contributed by atoms with E-state index in [4.69, 9.17) is 15.2 Å². The van der Waals surface area contributed by atoms with E-state index in [2.05, 4.69) is 0 Å². The second-order valence-electron chi connectivity index (χ2n) is 3.66. The van der Waals surface area contributed by atoms with E-state index in [1.54, 1.807) is 0 Å². The third-order valence-electron chi connectivity index (χ3n) is 2.78. The fourth-order valence-electron chi connectivity index (χ4n) is 2.08. The van der Waals surface area contributed by atoms with Gasteiger partial charge in [0.15, 0.2) is 0 Å². The lowest BCUT2D eigenvalue weighted by Crippen LogP contribution is -2.28. The Hall–Kier alpha value is -0.120. The SMILES string of the molecule is NC[C@@H]1CC[C@H]([C@@H]2CCCO2)O1. The highest BCUT2D eigenvalue weighted by atomic mass is 16.6. The van der Waals surface area contributed by atoms with Crippen LogP contribution in [0, 0.1) is 0 Å². The van der Waals surface area contributed by atoms with Crippen molar-refractivity contribution in [1.29, 1.82) is 0 Å². The van der Waals surface area contributed by atoms with Crippen LogP contribution >= 0.6 is 0 Å². The largest absolute Gasteiger partial charge is 0.376 e. The molecule has 0 unspecified atom stereocenters. The quantitative estimate of drug-likeness (QED) is 0.664. The second-order valence-corrected chi connectivity index (χ2v) is 3.66. The Morgan fingerprint density at radius 1 is 1.17 bits per heavy atom. The van der Waals surface area contributed by atoms with Gasteiger partial charge in [-0.25, -0.2) is 0 Å². The van der Waals surface area contributed by atoms with Crippen LogP contribution < -0.4 is 5.73 Å². The first-order valence-corrected chi connectivity index (χ1v) is 4.87. The monoisotopic (exact) mass is 171 g/mol. The van der Waals surface area contributed by atoms with Crippen LogP contribution in [0.1, 0.15) is 25.7 Å². The van der Waals surface area contributed by atoms with Crippen LogP contribution in [0.3, 0.4) is 0 Å². The van der Waals surface area contributed by atoms with Crippen molar-refractivity contribution in [1.82, 2.24) is 0 Å². The van der Waals surface area contributed by atoms with E-state index in [-0.39, 0.29) is 0 Å². The minimum absolute atomic E-state index is 0.291. The number of nitrogens with two attached hydrogens (primary N) is 1. The predicted molar refractivity (Wildman–Crippen MR) is 45.9 cm³/mol. The molecule has 70 valence electrons. The number of rotatable bonds is 2. The normalized spacial score (nSPS) is 42.2. The summed E-state index contributed by atoms with van der Waals surface area (Å²) in [4.78, 5) is 0. The molecule has 0 spiro atoms. The maximum absolute atomic E-state index is 5.74. The van der Waals surface area contributed by atoms with E-state index < -0.39 is 0 Å². The van der Waals surface area contributed by atoms with Gasteiger partial charge >= 0.3 is 0 Å². The summed E-state index contributed by atoms with van der Waals surface area (Å²) in [5.41, 5.74) is 5.53. The van der Waals surface area contributed by atoms with Gasteiger partial charge in [0.05, 0.1) is 18.3 Å². The van der Waals surface area contributed by atoms with Crippen molar-refractivity contribution in [2.24, 2.45) is 5.73 Å². The Kier molecular flexibility index (Phi) is 2.63. The van der Waals surface area contributed by atoms with E-state index in [0.29, 0.717) is 24.9 Å². The highest BCUT2D eigenvalue weighted by molar-refractivity contribution is 4.82. The molecule has 2 aliphatic rings. The Morgan fingerprint density at radius 3 is 2.67 bits per heavy atom. The summed E-state index contributed by atoms with van der Waals surface area (Å²) in [6.07, 6.45) is 5.59. The maximum atomic E-state index is 5.74. The van der Waals surface area contributed by atoms with Crippen molar-refractivity contribution >= 4 is 0 Å². The standard InChI is InChI=1S/C9H17NO2/c10-6-7-3-4-9(12-7)8-2-1-5-11-8/h7-9H,1-6,10H2/t7-,8-,9+/m0/s1. The lowest BCUT2D eigenvalue weighted by molar-refractivity contribution is -0.0420. The molecule has 0 saturated carbocycles. The van der Waals surface area contributed by atoms with Gasteiger partial charge in [0.25, 0.3) is 0 Å². The Bertz CT molecular complexity index is 145. The van der Waals surface area contributed by atoms with Crippen LogP contribution in [0.2, 0.25) is 0 Å². The second kappa shape index (κ2) is 3.73. The summed E-state index contributed by atoms with van der Waals surface area (Å²) in [7, 11) is 0. The maximum Gasteiger partial charge on any atom is 0.0842 e. The Labute approximate surface area is 73.2 Å². The first-order chi connectivity index (χ1) is 5.90. The molecule has 0 aromatic rings. The van der Waals surface area contributed by atoms with Gasteiger partial charge in [0.2, 0.25) is 0 Å². The van der Waals surface area contributed by atoms with Gasteiger partial charge in [-0.1, -0.05) is 0 Å². The fourth-order valence-corrected chi connectivity index (χ4v) is 2.08. The van der Waals surface area contributed by atoms with Gasteiger partial charge in [-0.15, -0.1) is 0 Å². The van der Waals surface area contributed by atoms with E-state index in [0.717, 1.165) is 19.4 Å². The third-order valence-corrected chi connectivity index (χ3v) is 2.78. The summed E-state index contributed by atoms with van der Waals surface area (Å²) in [6.45, 7) is 1.57. The van der Waals surface area contributed by atoms with Crippen LogP contribution in [-0.4, -0.2) is 31.5 Å². The van der Waals surface area contributed by atoms with Gasteiger partial charge in [-0.2, -0.15) is 0 Å². The minimum Gasteiger partial charge on any atom is -0.376 e. The molecule has 0 radical (unpaired) electrons. The molecule has 12 heavy (non-hydrogen) atoms. The average Bonchev–Trinajstić information content (AvgIpc) is 2.75. The number of hydrogen-bond acceptors (Lipinski definition) is 3. The molecule has 0 aromatic heterocycles. The molecule has 0 aliphatic carbocycles. The van der Waals surface area contributed by atoms with Crippen molar-refractivity contribution in [3.05, 3.63) is 0 Å². The van der Waals surface area contributed by atoms with Crippen LogP contribution in [0.5, 0.6) is 0 Å². The molecule has 2 aliphatic heterocycles. The van der Waals surface area contributed by atoms with E-state index in [1.165, 1.54) is 12.8 Å². The summed E-state index contributed by atoms with van der Waals surface area (Å²) in [5.74, 6) is 0.